The lowest BCUT2D eigenvalue weighted by molar-refractivity contribution is -0.384. The molecule has 0 aliphatic rings. The molecule has 144 valence electrons. The number of rotatable bonds is 7. The van der Waals surface area contributed by atoms with Gasteiger partial charge in [-0.3, -0.25) is 14.9 Å². The number of hydrogen-bond donors (Lipinski definition) is 1. The standard InChI is InChI=1S/C19H19N5O3S/c1-13(20-18(25)15-6-4-3-5-7-15)17-21-22-19(23(17)2)28-12-14-8-10-16(11-9-14)24(26)27/h3-11,13H,12H2,1-2H3,(H,20,25). The number of carbonyl (C=O) groups is 1. The largest absolute Gasteiger partial charge is 0.342 e. The number of non-ortho nitro benzene ring substituents is 1. The zero-order chi connectivity index (χ0) is 20.1. The Morgan fingerprint density at radius 2 is 1.86 bits per heavy atom. The number of nitrogens with zero attached hydrogens (tertiary/aromatic N) is 4. The summed E-state index contributed by atoms with van der Waals surface area (Å²) in [5, 5.41) is 22.7. The number of amides is 1. The van der Waals surface area contributed by atoms with Gasteiger partial charge in [-0.05, 0) is 24.6 Å². The molecule has 1 atom stereocenters. The predicted octanol–water partition coefficient (Wildman–Crippen LogP) is 3.51. The van der Waals surface area contributed by atoms with Gasteiger partial charge in [0.2, 0.25) is 0 Å². The molecule has 0 aliphatic heterocycles. The van der Waals surface area contributed by atoms with Crippen LogP contribution in [0.25, 0.3) is 0 Å². The number of hydrogen-bond acceptors (Lipinski definition) is 6. The van der Waals surface area contributed by atoms with Gasteiger partial charge in [0.25, 0.3) is 11.6 Å². The molecule has 1 amide bonds. The Morgan fingerprint density at radius 1 is 1.18 bits per heavy atom. The van der Waals surface area contributed by atoms with Crippen LogP contribution >= 0.6 is 11.8 Å². The number of carbonyl (C=O) groups excluding carboxylic acids is 1. The van der Waals surface area contributed by atoms with Gasteiger partial charge in [0.05, 0.1) is 11.0 Å². The summed E-state index contributed by atoms with van der Waals surface area (Å²) in [6.45, 7) is 1.86. The van der Waals surface area contributed by atoms with Gasteiger partial charge < -0.3 is 9.88 Å². The summed E-state index contributed by atoms with van der Waals surface area (Å²) in [7, 11) is 1.85. The van der Waals surface area contributed by atoms with Crippen molar-refractivity contribution in [2.24, 2.45) is 7.05 Å². The van der Waals surface area contributed by atoms with Crippen LogP contribution in [0.4, 0.5) is 5.69 Å². The second-order valence-electron chi connectivity index (χ2n) is 6.17. The summed E-state index contributed by atoms with van der Waals surface area (Å²) in [6, 6.07) is 15.1. The lowest BCUT2D eigenvalue weighted by Crippen LogP contribution is -2.28. The van der Waals surface area contributed by atoms with Crippen LogP contribution < -0.4 is 5.32 Å². The molecule has 0 bridgehead atoms. The van der Waals surface area contributed by atoms with Gasteiger partial charge >= 0.3 is 0 Å². The molecule has 8 nitrogen and oxygen atoms in total. The van der Waals surface area contributed by atoms with E-state index in [0.29, 0.717) is 22.3 Å². The summed E-state index contributed by atoms with van der Waals surface area (Å²) in [5.41, 5.74) is 1.60. The summed E-state index contributed by atoms with van der Waals surface area (Å²) < 4.78 is 1.84. The first kappa shape index (κ1) is 19.6. The molecule has 0 saturated carbocycles. The molecule has 1 N–H and O–H groups in total. The first-order valence-corrected chi connectivity index (χ1v) is 9.55. The Bertz CT molecular complexity index is 973. The zero-order valence-corrected chi connectivity index (χ0v) is 16.2. The molecule has 1 aromatic heterocycles. The quantitative estimate of drug-likeness (QED) is 0.372. The van der Waals surface area contributed by atoms with Crippen molar-refractivity contribution in [1.29, 1.82) is 0 Å². The average Bonchev–Trinajstić information content (AvgIpc) is 3.08. The molecule has 3 aromatic rings. The smallest absolute Gasteiger partial charge is 0.269 e. The number of nitrogens with one attached hydrogen (secondary N) is 1. The summed E-state index contributed by atoms with van der Waals surface area (Å²) in [6.07, 6.45) is 0. The van der Waals surface area contributed by atoms with E-state index in [-0.39, 0.29) is 17.6 Å². The molecule has 1 heterocycles. The van der Waals surface area contributed by atoms with E-state index in [1.807, 2.05) is 36.7 Å². The Kier molecular flexibility index (Phi) is 6.05. The minimum Gasteiger partial charge on any atom is -0.342 e. The Balaban J connectivity index is 1.62. The number of aromatic nitrogens is 3. The molecule has 0 fully saturated rings. The van der Waals surface area contributed by atoms with Gasteiger partial charge in [0, 0.05) is 30.5 Å². The van der Waals surface area contributed by atoms with E-state index in [2.05, 4.69) is 15.5 Å². The van der Waals surface area contributed by atoms with E-state index in [1.54, 1.807) is 24.3 Å². The molecule has 0 spiro atoms. The third kappa shape index (κ3) is 4.55. The van der Waals surface area contributed by atoms with Crippen LogP contribution in [0.15, 0.2) is 59.8 Å². The van der Waals surface area contributed by atoms with Crippen LogP contribution in [0.3, 0.4) is 0 Å². The SMILES string of the molecule is CC(NC(=O)c1ccccc1)c1nnc(SCc2ccc([N+](=O)[O-])cc2)n1C. The van der Waals surface area contributed by atoms with Crippen LogP contribution in [-0.2, 0) is 12.8 Å². The highest BCUT2D eigenvalue weighted by Gasteiger charge is 2.18. The first-order chi connectivity index (χ1) is 13.5. The van der Waals surface area contributed by atoms with Crippen molar-refractivity contribution in [3.8, 4) is 0 Å². The minimum absolute atomic E-state index is 0.0673. The predicted molar refractivity (Wildman–Crippen MR) is 106 cm³/mol. The molecule has 0 radical (unpaired) electrons. The van der Waals surface area contributed by atoms with Crippen LogP contribution in [-0.4, -0.2) is 25.6 Å². The molecular formula is C19H19N5O3S. The number of nitro benzene ring substituents is 1. The second-order valence-corrected chi connectivity index (χ2v) is 7.12. The fraction of sp³-hybridized carbons (Fsp3) is 0.211. The van der Waals surface area contributed by atoms with Crippen molar-refractivity contribution in [3.05, 3.63) is 81.7 Å². The van der Waals surface area contributed by atoms with Gasteiger partial charge in [-0.25, -0.2) is 0 Å². The number of nitro groups is 1. The third-order valence-corrected chi connectivity index (χ3v) is 5.25. The zero-order valence-electron chi connectivity index (χ0n) is 15.4. The van der Waals surface area contributed by atoms with Crippen molar-refractivity contribution in [3.63, 3.8) is 0 Å². The molecule has 0 saturated heterocycles. The van der Waals surface area contributed by atoms with E-state index >= 15 is 0 Å². The third-order valence-electron chi connectivity index (χ3n) is 4.15. The van der Waals surface area contributed by atoms with E-state index in [1.165, 1.54) is 23.9 Å². The summed E-state index contributed by atoms with van der Waals surface area (Å²) >= 11 is 1.47. The van der Waals surface area contributed by atoms with Gasteiger partial charge in [0.1, 0.15) is 0 Å². The van der Waals surface area contributed by atoms with Crippen molar-refractivity contribution >= 4 is 23.4 Å². The molecule has 0 aliphatic carbocycles. The van der Waals surface area contributed by atoms with Gasteiger partial charge in [-0.1, -0.05) is 42.1 Å². The molecule has 28 heavy (non-hydrogen) atoms. The number of benzene rings is 2. The van der Waals surface area contributed by atoms with E-state index in [4.69, 9.17) is 0 Å². The topological polar surface area (TPSA) is 103 Å². The highest BCUT2D eigenvalue weighted by Crippen LogP contribution is 2.24. The van der Waals surface area contributed by atoms with Crippen LogP contribution in [0.2, 0.25) is 0 Å². The maximum atomic E-state index is 12.3. The first-order valence-electron chi connectivity index (χ1n) is 8.57. The Labute approximate surface area is 166 Å². The Hall–Kier alpha value is -3.20. The summed E-state index contributed by atoms with van der Waals surface area (Å²) in [5.74, 6) is 1.08. The van der Waals surface area contributed by atoms with E-state index in [0.717, 1.165) is 5.56 Å². The highest BCUT2D eigenvalue weighted by molar-refractivity contribution is 7.98. The van der Waals surface area contributed by atoms with Gasteiger partial charge in [-0.2, -0.15) is 0 Å². The normalized spacial score (nSPS) is 11.8. The van der Waals surface area contributed by atoms with Crippen LogP contribution in [0, 0.1) is 10.1 Å². The Morgan fingerprint density at radius 3 is 2.50 bits per heavy atom. The van der Waals surface area contributed by atoms with Crippen molar-refractivity contribution in [2.75, 3.05) is 0 Å². The lowest BCUT2D eigenvalue weighted by atomic mass is 10.2. The second kappa shape index (κ2) is 8.66. The summed E-state index contributed by atoms with van der Waals surface area (Å²) in [4.78, 5) is 22.6. The van der Waals surface area contributed by atoms with Gasteiger partial charge in [0.15, 0.2) is 11.0 Å². The van der Waals surface area contributed by atoms with Crippen molar-refractivity contribution < 1.29 is 9.72 Å². The molecule has 3 rings (SSSR count). The molecule has 2 aromatic carbocycles. The maximum absolute atomic E-state index is 12.3. The fourth-order valence-corrected chi connectivity index (χ4v) is 3.50. The van der Waals surface area contributed by atoms with Crippen LogP contribution in [0.5, 0.6) is 0 Å². The van der Waals surface area contributed by atoms with Gasteiger partial charge in [-0.15, -0.1) is 10.2 Å². The molecule has 1 unspecified atom stereocenters. The van der Waals surface area contributed by atoms with Crippen molar-refractivity contribution in [2.45, 2.75) is 23.9 Å². The fourth-order valence-electron chi connectivity index (χ4n) is 2.62. The van der Waals surface area contributed by atoms with E-state index < -0.39 is 4.92 Å². The molecule has 9 heteroatoms. The number of thioether (sulfide) groups is 1. The van der Waals surface area contributed by atoms with E-state index in [9.17, 15) is 14.9 Å². The average molecular weight is 397 g/mol. The monoisotopic (exact) mass is 397 g/mol. The van der Waals surface area contributed by atoms with Crippen LogP contribution in [0.1, 0.15) is 34.7 Å². The highest BCUT2D eigenvalue weighted by atomic mass is 32.2. The minimum atomic E-state index is -0.420. The van der Waals surface area contributed by atoms with Crippen molar-refractivity contribution in [1.82, 2.24) is 20.1 Å². The molecular weight excluding hydrogens is 378 g/mol. The lowest BCUT2D eigenvalue weighted by Gasteiger charge is -2.13. The maximum Gasteiger partial charge on any atom is 0.269 e.